The van der Waals surface area contributed by atoms with Crippen LogP contribution in [0.1, 0.15) is 99.5 Å². The van der Waals surface area contributed by atoms with Gasteiger partial charge in [0.25, 0.3) is 0 Å². The average Bonchev–Trinajstić information content (AvgIpc) is 3.54. The van der Waals surface area contributed by atoms with Crippen molar-refractivity contribution in [1.29, 1.82) is 0 Å². The minimum Gasteiger partial charge on any atom is -0.391 e. The lowest BCUT2D eigenvalue weighted by Crippen LogP contribution is -2.32. The summed E-state index contributed by atoms with van der Waals surface area (Å²) in [6, 6.07) is 8.95. The Morgan fingerprint density at radius 1 is 0.975 bits per heavy atom. The number of nitrogens with zero attached hydrogens (tertiary/aromatic N) is 5. The third kappa shape index (κ3) is 7.41. The van der Waals surface area contributed by atoms with Gasteiger partial charge in [0, 0.05) is 57.1 Å². The highest BCUT2D eigenvalue weighted by Crippen LogP contribution is 2.38. The second kappa shape index (κ2) is 13.7. The summed E-state index contributed by atoms with van der Waals surface area (Å²) in [5.74, 6) is 1.52. The fourth-order valence-corrected chi connectivity index (χ4v) is 6.43. The molecule has 1 N–H and O–H groups in total. The Labute approximate surface area is 242 Å². The van der Waals surface area contributed by atoms with Crippen LogP contribution in [0, 0.1) is 5.92 Å². The molecule has 0 bridgehead atoms. The maximum atomic E-state index is 11.2. The fourth-order valence-electron chi connectivity index (χ4n) is 6.43. The summed E-state index contributed by atoms with van der Waals surface area (Å²) in [7, 11) is 8.19. The van der Waals surface area contributed by atoms with E-state index in [1.54, 1.807) is 0 Å². The summed E-state index contributed by atoms with van der Waals surface area (Å²) in [6.07, 6.45) is 4.42. The van der Waals surface area contributed by atoms with Gasteiger partial charge >= 0.3 is 0 Å². The molecule has 2 aromatic rings. The molecule has 1 saturated heterocycles. The first-order valence-corrected chi connectivity index (χ1v) is 15.4. The van der Waals surface area contributed by atoms with Crippen molar-refractivity contribution in [3.05, 3.63) is 52.6 Å². The molecular weight excluding hydrogens is 498 g/mol. The summed E-state index contributed by atoms with van der Waals surface area (Å²) in [5.41, 5.74) is 7.15. The Morgan fingerprint density at radius 3 is 2.35 bits per heavy atom. The zero-order valence-electron chi connectivity index (χ0n) is 26.2. The van der Waals surface area contributed by atoms with Gasteiger partial charge in [-0.15, -0.1) is 0 Å². The van der Waals surface area contributed by atoms with Crippen molar-refractivity contribution < 1.29 is 9.84 Å². The summed E-state index contributed by atoms with van der Waals surface area (Å²) < 4.78 is 5.68. The van der Waals surface area contributed by atoms with Gasteiger partial charge in [0.05, 0.1) is 29.3 Å². The third-order valence-corrected chi connectivity index (χ3v) is 9.05. The van der Waals surface area contributed by atoms with Gasteiger partial charge in [-0.2, -0.15) is 0 Å². The van der Waals surface area contributed by atoms with Gasteiger partial charge in [-0.3, -0.25) is 9.97 Å². The molecule has 40 heavy (non-hydrogen) atoms. The molecule has 7 nitrogen and oxygen atoms in total. The largest absolute Gasteiger partial charge is 0.391 e. The van der Waals surface area contributed by atoms with E-state index in [0.717, 1.165) is 74.6 Å². The molecule has 1 aliphatic heterocycles. The van der Waals surface area contributed by atoms with E-state index in [1.165, 1.54) is 11.3 Å². The van der Waals surface area contributed by atoms with Crippen molar-refractivity contribution in [3.8, 4) is 0 Å². The lowest BCUT2D eigenvalue weighted by Gasteiger charge is -2.26. The molecule has 5 atom stereocenters. The zero-order valence-corrected chi connectivity index (χ0v) is 26.2. The lowest BCUT2D eigenvalue weighted by atomic mass is 9.94. The highest BCUT2D eigenvalue weighted by molar-refractivity contribution is 5.53. The van der Waals surface area contributed by atoms with Crippen molar-refractivity contribution in [2.24, 2.45) is 5.92 Å². The quantitative estimate of drug-likeness (QED) is 0.380. The SMILES string of the molecule is CCC(C)c1ccc(N2CC(CN(C)Cc3nc(C(C)C)ccc3[C@@H]3CC[C@@H](OC)C3)[C@H](O)C2)c(CN(C)C)n1. The molecule has 0 aromatic carbocycles. The molecule has 2 aromatic heterocycles. The predicted octanol–water partition coefficient (Wildman–Crippen LogP) is 5.39. The van der Waals surface area contributed by atoms with Gasteiger partial charge in [-0.1, -0.05) is 33.8 Å². The number of aliphatic hydroxyl groups is 1. The summed E-state index contributed by atoms with van der Waals surface area (Å²) >= 11 is 0. The third-order valence-electron chi connectivity index (χ3n) is 9.05. The van der Waals surface area contributed by atoms with E-state index < -0.39 is 0 Å². The van der Waals surface area contributed by atoms with E-state index in [-0.39, 0.29) is 12.0 Å². The van der Waals surface area contributed by atoms with E-state index in [4.69, 9.17) is 14.7 Å². The maximum absolute atomic E-state index is 11.2. The van der Waals surface area contributed by atoms with Gasteiger partial charge in [0.15, 0.2) is 0 Å². The topological polar surface area (TPSA) is 65.0 Å². The molecule has 0 spiro atoms. The first kappa shape index (κ1) is 30.9. The number of methoxy groups -OCH3 is 1. The van der Waals surface area contributed by atoms with Crippen LogP contribution in [0.25, 0.3) is 0 Å². The molecule has 2 aliphatic rings. The van der Waals surface area contributed by atoms with Crippen molar-refractivity contribution in [2.45, 2.75) is 96.4 Å². The van der Waals surface area contributed by atoms with Gasteiger partial charge in [0.1, 0.15) is 0 Å². The van der Waals surface area contributed by atoms with E-state index in [2.05, 4.69) is 87.8 Å². The summed E-state index contributed by atoms with van der Waals surface area (Å²) in [6.45, 7) is 12.8. The first-order chi connectivity index (χ1) is 19.1. The van der Waals surface area contributed by atoms with E-state index in [9.17, 15) is 5.11 Å². The van der Waals surface area contributed by atoms with Gasteiger partial charge in [0.2, 0.25) is 0 Å². The summed E-state index contributed by atoms with van der Waals surface area (Å²) in [5, 5.41) is 11.2. The highest BCUT2D eigenvalue weighted by atomic mass is 16.5. The van der Waals surface area contributed by atoms with E-state index >= 15 is 0 Å². The van der Waals surface area contributed by atoms with Crippen LogP contribution in [-0.2, 0) is 17.8 Å². The Kier molecular flexibility index (Phi) is 10.6. The van der Waals surface area contributed by atoms with Gasteiger partial charge < -0.3 is 24.5 Å². The average molecular weight is 552 g/mol. The molecule has 2 unspecified atom stereocenters. The Balaban J connectivity index is 1.48. The van der Waals surface area contributed by atoms with Gasteiger partial charge in [-0.25, -0.2) is 0 Å². The van der Waals surface area contributed by atoms with Crippen LogP contribution in [-0.4, -0.2) is 85.0 Å². The lowest BCUT2D eigenvalue weighted by molar-refractivity contribution is 0.108. The van der Waals surface area contributed by atoms with Crippen LogP contribution in [0.4, 0.5) is 5.69 Å². The minimum absolute atomic E-state index is 0.174. The molecule has 3 heterocycles. The second-order valence-corrected chi connectivity index (χ2v) is 13.0. The molecule has 4 rings (SSSR count). The normalized spacial score (nSPS) is 24.1. The molecule has 1 aliphatic carbocycles. The van der Waals surface area contributed by atoms with Crippen LogP contribution in [0.2, 0.25) is 0 Å². The summed E-state index contributed by atoms with van der Waals surface area (Å²) in [4.78, 5) is 17.1. The van der Waals surface area contributed by atoms with Crippen LogP contribution in [0.15, 0.2) is 24.3 Å². The predicted molar refractivity (Wildman–Crippen MR) is 164 cm³/mol. The molecule has 222 valence electrons. The van der Waals surface area contributed by atoms with Crippen LogP contribution < -0.4 is 4.90 Å². The standard InChI is InChI=1S/C33H53N5O2/c1-9-23(4)29-14-15-32(31(35-29)19-36(5)6)38-18-25(33(39)21-38)17-37(7)20-30-27(12-13-28(34-30)22(2)3)24-10-11-26(16-24)40-8/h12-15,22-26,33,39H,9-11,16-21H2,1-8H3/t23?,24-,25?,26-,33-/m1/s1. The first-order valence-electron chi connectivity index (χ1n) is 15.4. The number of pyridine rings is 2. The van der Waals surface area contributed by atoms with Gasteiger partial charge in [-0.05, 0) is 88.3 Å². The van der Waals surface area contributed by atoms with E-state index in [1.807, 2.05) is 7.11 Å². The van der Waals surface area contributed by atoms with Crippen molar-refractivity contribution in [3.63, 3.8) is 0 Å². The van der Waals surface area contributed by atoms with Crippen LogP contribution in [0.5, 0.6) is 0 Å². The number of aliphatic hydroxyl groups excluding tert-OH is 1. The van der Waals surface area contributed by atoms with Crippen LogP contribution >= 0.6 is 0 Å². The fraction of sp³-hybridized carbons (Fsp3) is 0.697. The Morgan fingerprint density at radius 2 is 1.70 bits per heavy atom. The molecule has 1 saturated carbocycles. The maximum Gasteiger partial charge on any atom is 0.0780 e. The van der Waals surface area contributed by atoms with Crippen molar-refractivity contribution in [1.82, 2.24) is 19.8 Å². The van der Waals surface area contributed by atoms with Crippen LogP contribution in [0.3, 0.4) is 0 Å². The Bertz CT molecular complexity index is 1110. The second-order valence-electron chi connectivity index (χ2n) is 13.0. The number of β-amino-alcohol motifs (C(OH)–C–C–N with tert-alkyl or cyclic N) is 1. The minimum atomic E-state index is -0.365. The molecule has 7 heteroatoms. The monoisotopic (exact) mass is 551 g/mol. The van der Waals surface area contributed by atoms with Crippen molar-refractivity contribution >= 4 is 5.69 Å². The number of hydrogen-bond donors (Lipinski definition) is 1. The smallest absolute Gasteiger partial charge is 0.0780 e. The molecule has 0 amide bonds. The zero-order chi connectivity index (χ0) is 29.0. The molecule has 2 fully saturated rings. The molecule has 0 radical (unpaired) electrons. The number of aromatic nitrogens is 2. The highest BCUT2D eigenvalue weighted by Gasteiger charge is 2.34. The van der Waals surface area contributed by atoms with Crippen molar-refractivity contribution in [2.75, 3.05) is 52.8 Å². The Hall–Kier alpha value is -2.06. The number of ether oxygens (including phenoxy) is 1. The number of hydrogen-bond acceptors (Lipinski definition) is 7. The molecular formula is C33H53N5O2. The van der Waals surface area contributed by atoms with E-state index in [0.29, 0.717) is 30.4 Å². The number of rotatable bonds is 12. The number of anilines is 1.